The molecule has 0 radical (unpaired) electrons. The number of hydrogen-bond acceptors (Lipinski definition) is 3. The van der Waals surface area contributed by atoms with Crippen LogP contribution in [0.3, 0.4) is 0 Å². The van der Waals surface area contributed by atoms with Gasteiger partial charge in [-0.1, -0.05) is 66.7 Å². The van der Waals surface area contributed by atoms with Gasteiger partial charge >= 0.3 is 0 Å². The lowest BCUT2D eigenvalue weighted by Crippen LogP contribution is -2.37. The van der Waals surface area contributed by atoms with Crippen molar-refractivity contribution in [2.75, 3.05) is 4.31 Å². The van der Waals surface area contributed by atoms with Crippen LogP contribution < -0.4 is 4.31 Å². The molecule has 3 rings (SSSR count). The third-order valence-electron chi connectivity index (χ3n) is 4.29. The van der Waals surface area contributed by atoms with Gasteiger partial charge in [0.15, 0.2) is 0 Å². The third kappa shape index (κ3) is 3.64. The van der Waals surface area contributed by atoms with Crippen LogP contribution in [-0.4, -0.2) is 18.8 Å². The molecular formula is C21H21NO3S. The minimum Gasteiger partial charge on any atom is -0.387 e. The molecule has 1 N–H and O–H groups in total. The predicted octanol–water partition coefficient (Wildman–Crippen LogP) is 4.28. The first kappa shape index (κ1) is 18.2. The topological polar surface area (TPSA) is 57.6 Å². The van der Waals surface area contributed by atoms with Gasteiger partial charge in [-0.05, 0) is 36.8 Å². The van der Waals surface area contributed by atoms with Crippen molar-refractivity contribution in [1.29, 1.82) is 0 Å². The highest BCUT2D eigenvalue weighted by molar-refractivity contribution is 7.93. The summed E-state index contributed by atoms with van der Waals surface area (Å²) in [6.07, 6.45) is -1.13. The average Bonchev–Trinajstić information content (AvgIpc) is 2.69. The zero-order valence-corrected chi connectivity index (χ0v) is 15.3. The van der Waals surface area contributed by atoms with Crippen molar-refractivity contribution >= 4 is 21.4 Å². The van der Waals surface area contributed by atoms with Crippen molar-refractivity contribution in [2.45, 2.75) is 18.3 Å². The Morgan fingerprint density at radius 2 is 1.12 bits per heavy atom. The van der Waals surface area contributed by atoms with E-state index in [0.717, 1.165) is 0 Å². The van der Waals surface area contributed by atoms with Crippen molar-refractivity contribution in [2.24, 2.45) is 0 Å². The van der Waals surface area contributed by atoms with Crippen LogP contribution in [0.15, 0.2) is 91.0 Å². The molecule has 0 heterocycles. The van der Waals surface area contributed by atoms with E-state index in [9.17, 15) is 13.5 Å². The van der Waals surface area contributed by atoms with E-state index in [1.807, 2.05) is 18.2 Å². The zero-order chi connectivity index (χ0) is 18.6. The largest absolute Gasteiger partial charge is 0.387 e. The molecule has 26 heavy (non-hydrogen) atoms. The monoisotopic (exact) mass is 367 g/mol. The molecule has 0 saturated heterocycles. The number of nitrogens with zero attached hydrogens (tertiary/aromatic N) is 1. The Morgan fingerprint density at radius 3 is 1.54 bits per heavy atom. The van der Waals surface area contributed by atoms with Gasteiger partial charge in [-0.15, -0.1) is 0 Å². The van der Waals surface area contributed by atoms with Crippen LogP contribution in [0.4, 0.5) is 11.4 Å². The molecule has 0 fully saturated rings. The summed E-state index contributed by atoms with van der Waals surface area (Å²) in [5.74, 6) is 0. The highest BCUT2D eigenvalue weighted by Crippen LogP contribution is 2.33. The van der Waals surface area contributed by atoms with E-state index in [2.05, 4.69) is 0 Å². The molecule has 3 aromatic rings. The Hall–Kier alpha value is -2.63. The van der Waals surface area contributed by atoms with E-state index >= 15 is 0 Å². The summed E-state index contributed by atoms with van der Waals surface area (Å²) < 4.78 is 28.1. The van der Waals surface area contributed by atoms with Crippen molar-refractivity contribution in [1.82, 2.24) is 0 Å². The van der Waals surface area contributed by atoms with Gasteiger partial charge in [0.2, 0.25) is 10.0 Å². The zero-order valence-electron chi connectivity index (χ0n) is 14.4. The molecule has 0 bridgehead atoms. The number of benzene rings is 3. The summed E-state index contributed by atoms with van der Waals surface area (Å²) in [5, 5.41) is 9.64. The standard InChI is InChI=1S/C21H21NO3S/c1-17(21(23)18-11-5-2-6-12-18)26(24,25)22(19-13-7-3-8-14-19)20-15-9-4-10-16-20/h2-17,21,23H,1H3/t17-,21-/m0/s1. The maximum Gasteiger partial charge on any atom is 0.245 e. The first-order valence-corrected chi connectivity index (χ1v) is 9.89. The van der Waals surface area contributed by atoms with E-state index in [0.29, 0.717) is 16.9 Å². The van der Waals surface area contributed by atoms with Crippen molar-refractivity contribution < 1.29 is 13.5 Å². The van der Waals surface area contributed by atoms with Crippen LogP contribution in [0.25, 0.3) is 0 Å². The van der Waals surface area contributed by atoms with Crippen molar-refractivity contribution in [3.05, 3.63) is 96.6 Å². The van der Waals surface area contributed by atoms with Gasteiger partial charge in [-0.2, -0.15) is 0 Å². The van der Waals surface area contributed by atoms with Crippen molar-refractivity contribution in [3.63, 3.8) is 0 Å². The number of sulfonamides is 1. The smallest absolute Gasteiger partial charge is 0.245 e. The molecule has 134 valence electrons. The lowest BCUT2D eigenvalue weighted by Gasteiger charge is -2.30. The normalized spacial score (nSPS) is 13.8. The fourth-order valence-corrected chi connectivity index (χ4v) is 4.47. The highest BCUT2D eigenvalue weighted by Gasteiger charge is 2.35. The molecule has 0 aliphatic carbocycles. The Morgan fingerprint density at radius 1 is 0.731 bits per heavy atom. The number of hydrogen-bond donors (Lipinski definition) is 1. The number of aliphatic hydroxyl groups is 1. The number of rotatable bonds is 6. The molecule has 0 amide bonds. The van der Waals surface area contributed by atoms with Crippen LogP contribution in [0.1, 0.15) is 18.6 Å². The summed E-state index contributed by atoms with van der Waals surface area (Å²) in [6.45, 7) is 1.53. The quantitative estimate of drug-likeness (QED) is 0.707. The molecule has 3 aromatic carbocycles. The molecule has 4 nitrogen and oxygen atoms in total. The van der Waals surface area contributed by atoms with Gasteiger partial charge in [0.1, 0.15) is 5.25 Å². The van der Waals surface area contributed by atoms with Gasteiger partial charge in [-0.25, -0.2) is 12.7 Å². The van der Waals surface area contributed by atoms with Crippen LogP contribution in [-0.2, 0) is 10.0 Å². The Kier molecular flexibility index (Phi) is 5.40. The molecular weight excluding hydrogens is 346 g/mol. The van der Waals surface area contributed by atoms with Gasteiger partial charge < -0.3 is 5.11 Å². The summed E-state index contributed by atoms with van der Waals surface area (Å²) >= 11 is 0. The highest BCUT2D eigenvalue weighted by atomic mass is 32.2. The van der Waals surface area contributed by atoms with Crippen LogP contribution >= 0.6 is 0 Å². The lowest BCUT2D eigenvalue weighted by molar-refractivity contribution is 0.176. The van der Waals surface area contributed by atoms with Crippen LogP contribution in [0.2, 0.25) is 0 Å². The molecule has 5 heteroatoms. The summed E-state index contributed by atoms with van der Waals surface area (Å²) in [6, 6.07) is 26.7. The lowest BCUT2D eigenvalue weighted by atomic mass is 10.1. The Balaban J connectivity index is 2.05. The van der Waals surface area contributed by atoms with Gasteiger partial charge in [0, 0.05) is 0 Å². The van der Waals surface area contributed by atoms with Crippen molar-refractivity contribution in [3.8, 4) is 0 Å². The minimum absolute atomic E-state index is 0.533. The molecule has 0 aliphatic heterocycles. The molecule has 0 aliphatic rings. The Labute approximate surface area is 154 Å². The van der Waals surface area contributed by atoms with E-state index in [1.165, 1.54) is 11.2 Å². The third-order valence-corrected chi connectivity index (χ3v) is 6.42. The van der Waals surface area contributed by atoms with E-state index < -0.39 is 21.4 Å². The minimum atomic E-state index is -3.87. The summed E-state index contributed by atoms with van der Waals surface area (Å²) in [7, 11) is -3.87. The summed E-state index contributed by atoms with van der Waals surface area (Å²) in [5.41, 5.74) is 1.64. The number of para-hydroxylation sites is 2. The summed E-state index contributed by atoms with van der Waals surface area (Å²) in [4.78, 5) is 0. The van der Waals surface area contributed by atoms with E-state index in [1.54, 1.807) is 72.8 Å². The fourth-order valence-electron chi connectivity index (χ4n) is 2.82. The first-order chi connectivity index (χ1) is 12.5. The van der Waals surface area contributed by atoms with Gasteiger partial charge in [0.05, 0.1) is 17.5 Å². The molecule has 0 unspecified atom stereocenters. The number of anilines is 2. The van der Waals surface area contributed by atoms with E-state index in [-0.39, 0.29) is 0 Å². The maximum absolute atomic E-state index is 13.4. The first-order valence-electron chi connectivity index (χ1n) is 8.39. The Bertz CT molecular complexity index is 889. The van der Waals surface area contributed by atoms with E-state index in [4.69, 9.17) is 0 Å². The van der Waals surface area contributed by atoms with Gasteiger partial charge in [0.25, 0.3) is 0 Å². The second-order valence-corrected chi connectivity index (χ2v) is 8.18. The average molecular weight is 367 g/mol. The second kappa shape index (κ2) is 7.72. The predicted molar refractivity (Wildman–Crippen MR) is 105 cm³/mol. The molecule has 0 spiro atoms. The maximum atomic E-state index is 13.4. The second-order valence-electron chi connectivity index (χ2n) is 6.04. The van der Waals surface area contributed by atoms with Gasteiger partial charge in [-0.3, -0.25) is 0 Å². The molecule has 2 atom stereocenters. The number of aliphatic hydroxyl groups excluding tert-OH is 1. The SMILES string of the molecule is C[C@@H]([C@H](O)c1ccccc1)S(=O)(=O)N(c1ccccc1)c1ccccc1. The fraction of sp³-hybridized carbons (Fsp3) is 0.143. The molecule has 0 aromatic heterocycles. The van der Waals surface area contributed by atoms with Crippen LogP contribution in [0.5, 0.6) is 0 Å². The van der Waals surface area contributed by atoms with Crippen LogP contribution in [0, 0.1) is 0 Å². The molecule has 0 saturated carbocycles.